The highest BCUT2D eigenvalue weighted by molar-refractivity contribution is 5.96. The number of rotatable bonds is 6. The number of hydrogen-bond acceptors (Lipinski definition) is 5. The lowest BCUT2D eigenvalue weighted by atomic mass is 10.1. The van der Waals surface area contributed by atoms with Crippen LogP contribution >= 0.6 is 0 Å². The lowest BCUT2D eigenvalue weighted by Gasteiger charge is -2.15. The van der Waals surface area contributed by atoms with Gasteiger partial charge in [-0.2, -0.15) is 0 Å². The molecule has 0 aromatic carbocycles. The van der Waals surface area contributed by atoms with Gasteiger partial charge in [-0.25, -0.2) is 0 Å². The van der Waals surface area contributed by atoms with Crippen LogP contribution in [0.1, 0.15) is 24.6 Å². The van der Waals surface area contributed by atoms with E-state index in [1.807, 2.05) is 13.0 Å². The minimum Gasteiger partial charge on any atom is -0.409 e. The third-order valence-electron chi connectivity index (χ3n) is 2.54. The van der Waals surface area contributed by atoms with Crippen LogP contribution in [0, 0.1) is 0 Å². The highest BCUT2D eigenvalue weighted by Crippen LogP contribution is 2.05. The average Bonchev–Trinajstić information content (AvgIpc) is 2.39. The van der Waals surface area contributed by atoms with Gasteiger partial charge in [0.15, 0.2) is 5.84 Å². The van der Waals surface area contributed by atoms with Crippen LogP contribution in [0.5, 0.6) is 0 Å². The van der Waals surface area contributed by atoms with Gasteiger partial charge < -0.3 is 21.4 Å². The van der Waals surface area contributed by atoms with Gasteiger partial charge >= 0.3 is 0 Å². The number of amidine groups is 1. The van der Waals surface area contributed by atoms with E-state index in [4.69, 9.17) is 16.0 Å². The van der Waals surface area contributed by atoms with Gasteiger partial charge in [0.2, 0.25) is 0 Å². The third-order valence-corrected chi connectivity index (χ3v) is 2.54. The highest BCUT2D eigenvalue weighted by atomic mass is 16.4. The standard InChI is InChI=1S/C11H18N4O2/c1-2-9(7-16)14-6-8-4-3-5-13-10(8)11(12)15-17/h3-5,9,14,16-17H,2,6-7H2,1H3,(H2,12,15). The molecule has 6 nitrogen and oxygen atoms in total. The fourth-order valence-electron chi connectivity index (χ4n) is 1.45. The largest absolute Gasteiger partial charge is 0.409 e. The molecule has 0 saturated heterocycles. The first-order chi connectivity index (χ1) is 8.22. The monoisotopic (exact) mass is 238 g/mol. The molecule has 0 spiro atoms. The topological polar surface area (TPSA) is 104 Å². The number of nitrogens with two attached hydrogens (primary N) is 1. The molecule has 1 aromatic heterocycles. The van der Waals surface area contributed by atoms with Gasteiger partial charge in [0.25, 0.3) is 0 Å². The molecule has 1 unspecified atom stereocenters. The summed E-state index contributed by atoms with van der Waals surface area (Å²) in [4.78, 5) is 4.06. The molecule has 5 N–H and O–H groups in total. The molecular formula is C11H18N4O2. The van der Waals surface area contributed by atoms with E-state index in [0.29, 0.717) is 12.2 Å². The molecule has 0 aliphatic rings. The van der Waals surface area contributed by atoms with Crippen molar-refractivity contribution in [2.24, 2.45) is 10.9 Å². The Morgan fingerprint density at radius 1 is 1.65 bits per heavy atom. The quantitative estimate of drug-likeness (QED) is 0.242. The minimum atomic E-state index is -0.0144. The fraction of sp³-hybridized carbons (Fsp3) is 0.455. The van der Waals surface area contributed by atoms with Crippen molar-refractivity contribution >= 4 is 5.84 Å². The smallest absolute Gasteiger partial charge is 0.189 e. The summed E-state index contributed by atoms with van der Waals surface area (Å²) in [6.07, 6.45) is 2.41. The first kappa shape index (κ1) is 13.4. The van der Waals surface area contributed by atoms with Crippen molar-refractivity contribution in [3.63, 3.8) is 0 Å². The van der Waals surface area contributed by atoms with Crippen LogP contribution in [0.25, 0.3) is 0 Å². The Kier molecular flexibility index (Phi) is 5.38. The Morgan fingerprint density at radius 3 is 3.00 bits per heavy atom. The van der Waals surface area contributed by atoms with E-state index < -0.39 is 0 Å². The Labute approximate surface area is 100 Å². The van der Waals surface area contributed by atoms with E-state index >= 15 is 0 Å². The van der Waals surface area contributed by atoms with Crippen LogP contribution in [0.2, 0.25) is 0 Å². The Balaban J connectivity index is 2.77. The number of pyridine rings is 1. The van der Waals surface area contributed by atoms with Gasteiger partial charge in [-0.1, -0.05) is 18.1 Å². The molecule has 0 aliphatic carbocycles. The number of aliphatic hydroxyl groups is 1. The molecule has 1 aromatic rings. The Bertz CT molecular complexity index is 377. The predicted molar refractivity (Wildman–Crippen MR) is 64.8 cm³/mol. The van der Waals surface area contributed by atoms with Crippen molar-refractivity contribution in [1.82, 2.24) is 10.3 Å². The number of nitrogens with one attached hydrogen (secondary N) is 1. The van der Waals surface area contributed by atoms with Crippen LogP contribution in [0.4, 0.5) is 0 Å². The summed E-state index contributed by atoms with van der Waals surface area (Å²) >= 11 is 0. The predicted octanol–water partition coefficient (Wildman–Crippen LogP) is 0.0366. The number of hydrogen-bond donors (Lipinski definition) is 4. The lowest BCUT2D eigenvalue weighted by Crippen LogP contribution is -2.32. The molecule has 0 aliphatic heterocycles. The first-order valence-corrected chi connectivity index (χ1v) is 5.49. The van der Waals surface area contributed by atoms with E-state index in [9.17, 15) is 0 Å². The molecule has 17 heavy (non-hydrogen) atoms. The number of aliphatic hydroxyl groups excluding tert-OH is 1. The van der Waals surface area contributed by atoms with Gasteiger partial charge in [-0.15, -0.1) is 0 Å². The zero-order valence-electron chi connectivity index (χ0n) is 9.80. The van der Waals surface area contributed by atoms with Crippen molar-refractivity contribution in [2.75, 3.05) is 6.61 Å². The molecule has 1 atom stereocenters. The number of nitrogens with zero attached hydrogens (tertiary/aromatic N) is 2. The maximum absolute atomic E-state index is 9.06. The SMILES string of the molecule is CCC(CO)NCc1cccnc1C(N)=NO. The summed E-state index contributed by atoms with van der Waals surface area (Å²) < 4.78 is 0. The van der Waals surface area contributed by atoms with Crippen LogP contribution in [0.3, 0.4) is 0 Å². The maximum Gasteiger partial charge on any atom is 0.189 e. The number of aromatic nitrogens is 1. The summed E-state index contributed by atoms with van der Waals surface area (Å²) in [5.41, 5.74) is 6.81. The first-order valence-electron chi connectivity index (χ1n) is 5.49. The van der Waals surface area contributed by atoms with Gasteiger partial charge in [-0.3, -0.25) is 4.98 Å². The minimum absolute atomic E-state index is 0.0144. The second-order valence-electron chi connectivity index (χ2n) is 3.67. The van der Waals surface area contributed by atoms with Crippen molar-refractivity contribution in [3.8, 4) is 0 Å². The maximum atomic E-state index is 9.06. The zero-order chi connectivity index (χ0) is 12.7. The Hall–Kier alpha value is -1.66. The second kappa shape index (κ2) is 6.82. The van der Waals surface area contributed by atoms with E-state index in [2.05, 4.69) is 15.5 Å². The second-order valence-corrected chi connectivity index (χ2v) is 3.67. The molecule has 0 bridgehead atoms. The van der Waals surface area contributed by atoms with E-state index in [-0.39, 0.29) is 18.5 Å². The third kappa shape index (κ3) is 3.69. The molecule has 0 amide bonds. The zero-order valence-corrected chi connectivity index (χ0v) is 9.80. The van der Waals surface area contributed by atoms with Crippen LogP contribution in [-0.2, 0) is 6.54 Å². The summed E-state index contributed by atoms with van der Waals surface area (Å²) in [7, 11) is 0. The summed E-state index contributed by atoms with van der Waals surface area (Å²) in [6.45, 7) is 2.58. The van der Waals surface area contributed by atoms with Gasteiger partial charge in [-0.05, 0) is 18.1 Å². The van der Waals surface area contributed by atoms with Crippen molar-refractivity contribution in [3.05, 3.63) is 29.6 Å². The molecule has 1 rings (SSSR count). The highest BCUT2D eigenvalue weighted by Gasteiger charge is 2.09. The molecule has 1 heterocycles. The van der Waals surface area contributed by atoms with Gasteiger partial charge in [0, 0.05) is 18.8 Å². The lowest BCUT2D eigenvalue weighted by molar-refractivity contribution is 0.238. The van der Waals surface area contributed by atoms with E-state index in [1.54, 1.807) is 12.3 Å². The molecule has 0 fully saturated rings. The summed E-state index contributed by atoms with van der Waals surface area (Å²) in [5, 5.41) is 23.8. The molecular weight excluding hydrogens is 220 g/mol. The molecule has 0 saturated carbocycles. The van der Waals surface area contributed by atoms with Crippen molar-refractivity contribution < 1.29 is 10.3 Å². The molecule has 0 radical (unpaired) electrons. The van der Waals surface area contributed by atoms with Crippen molar-refractivity contribution in [2.45, 2.75) is 25.9 Å². The van der Waals surface area contributed by atoms with Gasteiger partial charge in [0.1, 0.15) is 5.69 Å². The Morgan fingerprint density at radius 2 is 2.41 bits per heavy atom. The molecule has 6 heteroatoms. The van der Waals surface area contributed by atoms with Crippen LogP contribution in [0.15, 0.2) is 23.5 Å². The average molecular weight is 238 g/mol. The van der Waals surface area contributed by atoms with Crippen molar-refractivity contribution in [1.29, 1.82) is 0 Å². The summed E-state index contributed by atoms with van der Waals surface area (Å²) in [6, 6.07) is 3.66. The fourth-order valence-corrected chi connectivity index (χ4v) is 1.45. The van der Waals surface area contributed by atoms with E-state index in [0.717, 1.165) is 12.0 Å². The van der Waals surface area contributed by atoms with Gasteiger partial charge in [0.05, 0.1) is 6.61 Å². The van der Waals surface area contributed by atoms with E-state index in [1.165, 1.54) is 0 Å². The van der Waals surface area contributed by atoms with Crippen LogP contribution < -0.4 is 11.1 Å². The summed E-state index contributed by atoms with van der Waals surface area (Å²) in [5.74, 6) is -0.0144. The normalized spacial score (nSPS) is 13.6. The van der Waals surface area contributed by atoms with Crippen LogP contribution in [-0.4, -0.2) is 33.8 Å². The number of oxime groups is 1. The molecule has 94 valence electrons.